The van der Waals surface area contributed by atoms with Crippen LogP contribution in [0.25, 0.3) is 0 Å². The number of hydrogen-bond donors (Lipinski definition) is 2. The van der Waals surface area contributed by atoms with Crippen LogP contribution in [-0.2, 0) is 19.4 Å². The number of nitrogens with two attached hydrogens (primary N) is 1. The van der Waals surface area contributed by atoms with E-state index in [4.69, 9.17) is 5.73 Å². The molecule has 4 aliphatic rings. The molecule has 0 unspecified atom stereocenters. The predicted molar refractivity (Wildman–Crippen MR) is 105 cm³/mol. The van der Waals surface area contributed by atoms with E-state index < -0.39 is 21.8 Å². The van der Waals surface area contributed by atoms with Gasteiger partial charge in [-0.2, -0.15) is 0 Å². The largest absolute Gasteiger partial charge is 0.368 e. The van der Waals surface area contributed by atoms with Gasteiger partial charge in [0.2, 0.25) is 11.8 Å². The first-order valence-electron chi connectivity index (χ1n) is 10.2. The van der Waals surface area contributed by atoms with Crippen LogP contribution in [-0.4, -0.2) is 32.0 Å². The Morgan fingerprint density at radius 2 is 1.57 bits per heavy atom. The van der Waals surface area contributed by atoms with E-state index in [2.05, 4.69) is 5.32 Å². The van der Waals surface area contributed by atoms with Crippen molar-refractivity contribution in [2.45, 2.75) is 55.9 Å². The maximum absolute atomic E-state index is 13.1. The Kier molecular flexibility index (Phi) is 4.98. The van der Waals surface area contributed by atoms with E-state index in [9.17, 15) is 18.0 Å². The van der Waals surface area contributed by atoms with Gasteiger partial charge in [-0.3, -0.25) is 9.59 Å². The summed E-state index contributed by atoms with van der Waals surface area (Å²) in [5.74, 6) is 0.826. The fourth-order valence-corrected chi connectivity index (χ4v) is 7.36. The first-order valence-corrected chi connectivity index (χ1v) is 11.8. The SMILES string of the molecule is NC(=O)[C@H](CCS(=O)(=O)c1ccccc1)NC(=O)C12CC3CC(CC(C3)C1)C2. The highest BCUT2D eigenvalue weighted by Crippen LogP contribution is 2.60. The van der Waals surface area contributed by atoms with Crippen LogP contribution in [0.2, 0.25) is 0 Å². The van der Waals surface area contributed by atoms with Crippen molar-refractivity contribution in [3.8, 4) is 0 Å². The summed E-state index contributed by atoms with van der Waals surface area (Å²) >= 11 is 0. The highest BCUT2D eigenvalue weighted by molar-refractivity contribution is 7.91. The van der Waals surface area contributed by atoms with Crippen molar-refractivity contribution in [2.75, 3.05) is 5.75 Å². The summed E-state index contributed by atoms with van der Waals surface area (Å²) in [6, 6.07) is 7.17. The summed E-state index contributed by atoms with van der Waals surface area (Å²) in [5.41, 5.74) is 5.11. The highest BCUT2D eigenvalue weighted by atomic mass is 32.2. The molecule has 28 heavy (non-hydrogen) atoms. The van der Waals surface area contributed by atoms with Crippen molar-refractivity contribution in [3.63, 3.8) is 0 Å². The third-order valence-electron chi connectivity index (χ3n) is 6.95. The van der Waals surface area contributed by atoms with Crippen molar-refractivity contribution in [1.82, 2.24) is 5.32 Å². The number of carbonyl (C=O) groups excluding carboxylic acids is 2. The monoisotopic (exact) mass is 404 g/mol. The third kappa shape index (κ3) is 3.69. The number of rotatable bonds is 7. The maximum atomic E-state index is 13.1. The van der Waals surface area contributed by atoms with Gasteiger partial charge in [-0.1, -0.05) is 18.2 Å². The summed E-state index contributed by atoms with van der Waals surface area (Å²) in [6.45, 7) is 0. The minimum atomic E-state index is -3.53. The molecule has 4 bridgehead atoms. The molecule has 4 saturated carbocycles. The Bertz CT molecular complexity index is 830. The van der Waals surface area contributed by atoms with Crippen LogP contribution in [0.1, 0.15) is 44.9 Å². The van der Waals surface area contributed by atoms with E-state index in [0.29, 0.717) is 17.8 Å². The molecule has 0 radical (unpaired) electrons. The van der Waals surface area contributed by atoms with E-state index in [1.165, 1.54) is 31.4 Å². The van der Waals surface area contributed by atoms with Gasteiger partial charge in [0.1, 0.15) is 6.04 Å². The number of benzene rings is 1. The molecule has 2 amide bonds. The van der Waals surface area contributed by atoms with Gasteiger partial charge in [0, 0.05) is 5.41 Å². The average molecular weight is 405 g/mol. The van der Waals surface area contributed by atoms with Gasteiger partial charge in [0.05, 0.1) is 10.6 Å². The Morgan fingerprint density at radius 3 is 2.07 bits per heavy atom. The zero-order valence-corrected chi connectivity index (χ0v) is 16.8. The fourth-order valence-electron chi connectivity index (χ4n) is 6.00. The zero-order chi connectivity index (χ0) is 19.9. The molecule has 4 aliphatic carbocycles. The standard InChI is InChI=1S/C21H28N2O4S/c22-19(24)18(6-7-28(26,27)17-4-2-1-3-5-17)23-20(25)21-11-14-8-15(12-21)10-16(9-14)13-21/h1-5,14-16,18H,6-13H2,(H2,22,24)(H,23,25)/t14?,15?,16?,18-,21?/m0/s1. The number of primary amides is 1. The van der Waals surface area contributed by atoms with Gasteiger partial charge in [0.25, 0.3) is 0 Å². The summed E-state index contributed by atoms with van der Waals surface area (Å²) in [4.78, 5) is 25.3. The predicted octanol–water partition coefficient (Wildman–Crippen LogP) is 2.04. The molecule has 0 spiro atoms. The minimum Gasteiger partial charge on any atom is -0.368 e. The molecule has 4 fully saturated rings. The Hall–Kier alpha value is -1.89. The minimum absolute atomic E-state index is 0.00926. The van der Waals surface area contributed by atoms with Gasteiger partial charge in [-0.05, 0) is 74.8 Å². The van der Waals surface area contributed by atoms with Crippen LogP contribution in [0.3, 0.4) is 0 Å². The average Bonchev–Trinajstić information content (AvgIpc) is 2.64. The summed E-state index contributed by atoms with van der Waals surface area (Å²) in [5, 5.41) is 2.82. The summed E-state index contributed by atoms with van der Waals surface area (Å²) < 4.78 is 25.0. The first kappa shape index (κ1) is 19.4. The normalized spacial score (nSPS) is 32.1. The lowest BCUT2D eigenvalue weighted by Crippen LogP contribution is -2.57. The molecule has 7 heteroatoms. The Morgan fingerprint density at radius 1 is 1.04 bits per heavy atom. The van der Waals surface area contributed by atoms with Crippen molar-refractivity contribution in [1.29, 1.82) is 0 Å². The zero-order valence-electron chi connectivity index (χ0n) is 16.0. The molecule has 1 aromatic rings. The van der Waals surface area contributed by atoms with Crippen LogP contribution in [0.15, 0.2) is 35.2 Å². The van der Waals surface area contributed by atoms with E-state index in [0.717, 1.165) is 19.3 Å². The topological polar surface area (TPSA) is 106 Å². The van der Waals surface area contributed by atoms with E-state index in [-0.39, 0.29) is 28.4 Å². The molecule has 0 aromatic heterocycles. The Balaban J connectivity index is 1.43. The molecule has 1 atom stereocenters. The van der Waals surface area contributed by atoms with Crippen molar-refractivity contribution >= 4 is 21.7 Å². The van der Waals surface area contributed by atoms with Crippen LogP contribution >= 0.6 is 0 Å². The summed E-state index contributed by atoms with van der Waals surface area (Å²) in [6.07, 6.45) is 6.32. The Labute approximate surface area is 166 Å². The van der Waals surface area contributed by atoms with Gasteiger partial charge in [0.15, 0.2) is 9.84 Å². The van der Waals surface area contributed by atoms with E-state index in [1.807, 2.05) is 0 Å². The molecule has 3 N–H and O–H groups in total. The van der Waals surface area contributed by atoms with Gasteiger partial charge in [-0.15, -0.1) is 0 Å². The first-order chi connectivity index (χ1) is 13.3. The number of hydrogen-bond acceptors (Lipinski definition) is 4. The van der Waals surface area contributed by atoms with Crippen molar-refractivity contribution < 1.29 is 18.0 Å². The lowest BCUT2D eigenvalue weighted by molar-refractivity contribution is -0.148. The molecule has 0 aliphatic heterocycles. The second-order valence-corrected chi connectivity index (χ2v) is 11.2. The lowest BCUT2D eigenvalue weighted by Gasteiger charge is -2.55. The van der Waals surface area contributed by atoms with Crippen LogP contribution in [0.5, 0.6) is 0 Å². The van der Waals surface area contributed by atoms with E-state index in [1.54, 1.807) is 18.2 Å². The molecule has 0 heterocycles. The molecular weight excluding hydrogens is 376 g/mol. The second-order valence-electron chi connectivity index (χ2n) is 9.05. The second kappa shape index (κ2) is 7.17. The molecule has 6 nitrogen and oxygen atoms in total. The van der Waals surface area contributed by atoms with E-state index >= 15 is 0 Å². The van der Waals surface area contributed by atoms with Gasteiger partial charge >= 0.3 is 0 Å². The molecule has 152 valence electrons. The van der Waals surface area contributed by atoms with Crippen LogP contribution in [0.4, 0.5) is 0 Å². The number of amides is 2. The van der Waals surface area contributed by atoms with Crippen molar-refractivity contribution in [2.24, 2.45) is 28.9 Å². The highest BCUT2D eigenvalue weighted by Gasteiger charge is 2.54. The van der Waals surface area contributed by atoms with Crippen LogP contribution < -0.4 is 11.1 Å². The van der Waals surface area contributed by atoms with Gasteiger partial charge in [-0.25, -0.2) is 8.42 Å². The number of nitrogens with one attached hydrogen (secondary N) is 1. The fraction of sp³-hybridized carbons (Fsp3) is 0.619. The smallest absolute Gasteiger partial charge is 0.240 e. The quantitative estimate of drug-likeness (QED) is 0.725. The third-order valence-corrected chi connectivity index (χ3v) is 8.71. The van der Waals surface area contributed by atoms with Crippen LogP contribution in [0, 0.1) is 23.2 Å². The molecule has 5 rings (SSSR count). The lowest BCUT2D eigenvalue weighted by atomic mass is 9.49. The van der Waals surface area contributed by atoms with Gasteiger partial charge < -0.3 is 11.1 Å². The molecule has 0 saturated heterocycles. The number of sulfone groups is 1. The maximum Gasteiger partial charge on any atom is 0.240 e. The van der Waals surface area contributed by atoms with Crippen molar-refractivity contribution in [3.05, 3.63) is 30.3 Å². The molecule has 1 aromatic carbocycles. The number of carbonyl (C=O) groups is 2. The molecular formula is C21H28N2O4S. The summed E-state index contributed by atoms with van der Waals surface area (Å²) in [7, 11) is -3.53.